The third-order valence-electron chi connectivity index (χ3n) is 15.3. The van der Waals surface area contributed by atoms with Crippen LogP contribution >= 0.6 is 0 Å². The SMILES string of the molecule is CC1(C)c2ccccc2-c2ccc(N(c3ccc(-c4cccc5c4-c4ccccc4C54C5CC6CC(C5)C4C6)cc3)c3ccc4c(c3)oc3ccccc34)cc21. The monoisotopic (exact) mass is 721 g/mol. The summed E-state index contributed by atoms with van der Waals surface area (Å²) in [4.78, 5) is 2.42. The van der Waals surface area contributed by atoms with Crippen LogP contribution in [0.4, 0.5) is 17.1 Å². The maximum absolute atomic E-state index is 6.46. The van der Waals surface area contributed by atoms with Gasteiger partial charge < -0.3 is 9.32 Å². The molecule has 0 radical (unpaired) electrons. The first kappa shape index (κ1) is 31.4. The van der Waals surface area contributed by atoms with Crippen molar-refractivity contribution in [3.05, 3.63) is 174 Å². The molecule has 0 saturated heterocycles. The fourth-order valence-electron chi connectivity index (χ4n) is 13.2. The first-order chi connectivity index (χ1) is 27.5. The van der Waals surface area contributed by atoms with Gasteiger partial charge in [-0.1, -0.05) is 117 Å². The first-order valence-corrected chi connectivity index (χ1v) is 20.8. The highest BCUT2D eigenvalue weighted by atomic mass is 16.3. The second kappa shape index (κ2) is 10.9. The van der Waals surface area contributed by atoms with E-state index in [0.29, 0.717) is 0 Å². The Bertz CT molecular complexity index is 2940. The van der Waals surface area contributed by atoms with Gasteiger partial charge in [0.2, 0.25) is 0 Å². The van der Waals surface area contributed by atoms with Gasteiger partial charge in [0.1, 0.15) is 11.2 Å². The van der Waals surface area contributed by atoms with Crippen molar-refractivity contribution in [2.24, 2.45) is 23.7 Å². The largest absolute Gasteiger partial charge is 0.456 e. The van der Waals surface area contributed by atoms with Gasteiger partial charge in [-0.05, 0) is 147 Å². The lowest BCUT2D eigenvalue weighted by molar-refractivity contribution is 0.191. The van der Waals surface area contributed by atoms with E-state index in [4.69, 9.17) is 4.42 Å². The van der Waals surface area contributed by atoms with Crippen LogP contribution in [0.25, 0.3) is 55.3 Å². The van der Waals surface area contributed by atoms with E-state index >= 15 is 0 Å². The molecule has 0 N–H and O–H groups in total. The molecule has 2 nitrogen and oxygen atoms in total. The van der Waals surface area contributed by atoms with Gasteiger partial charge in [-0.3, -0.25) is 0 Å². The first-order valence-electron chi connectivity index (χ1n) is 20.8. The van der Waals surface area contributed by atoms with Crippen LogP contribution in [0.5, 0.6) is 0 Å². The Morgan fingerprint density at radius 2 is 1.18 bits per heavy atom. The second-order valence-corrected chi connectivity index (χ2v) is 18.1. The molecule has 2 heteroatoms. The van der Waals surface area contributed by atoms with Gasteiger partial charge in [0.05, 0.1) is 0 Å². The number of fused-ring (bicyclic) bond motifs is 9. The molecule has 14 rings (SSSR count). The van der Waals surface area contributed by atoms with Crippen molar-refractivity contribution >= 4 is 39.0 Å². The van der Waals surface area contributed by atoms with Crippen LogP contribution in [0.15, 0.2) is 156 Å². The summed E-state index contributed by atoms with van der Waals surface area (Å²) in [7, 11) is 0. The van der Waals surface area contributed by atoms with E-state index in [1.807, 2.05) is 6.07 Å². The number of rotatable bonds is 4. The smallest absolute Gasteiger partial charge is 0.137 e. The van der Waals surface area contributed by atoms with Crippen LogP contribution in [0.3, 0.4) is 0 Å². The molecule has 6 aliphatic carbocycles. The predicted octanol–water partition coefficient (Wildman–Crippen LogP) is 14.4. The molecular formula is C54H43NO. The molecule has 8 aromatic rings. The van der Waals surface area contributed by atoms with Crippen molar-refractivity contribution in [3.63, 3.8) is 0 Å². The van der Waals surface area contributed by atoms with E-state index in [2.05, 4.69) is 164 Å². The Kier molecular flexibility index (Phi) is 6.11. The Labute approximate surface area is 328 Å². The van der Waals surface area contributed by atoms with Crippen LogP contribution in [0.2, 0.25) is 0 Å². The molecule has 1 heterocycles. The average Bonchev–Trinajstić information content (AvgIpc) is 3.97. The zero-order chi connectivity index (χ0) is 36.9. The van der Waals surface area contributed by atoms with Gasteiger partial charge in [-0.25, -0.2) is 0 Å². The van der Waals surface area contributed by atoms with E-state index in [0.717, 1.165) is 62.7 Å². The molecule has 4 fully saturated rings. The van der Waals surface area contributed by atoms with Crippen LogP contribution in [0.1, 0.15) is 61.8 Å². The second-order valence-electron chi connectivity index (χ2n) is 18.1. The maximum Gasteiger partial charge on any atom is 0.137 e. The van der Waals surface area contributed by atoms with E-state index < -0.39 is 0 Å². The number of para-hydroxylation sites is 1. The van der Waals surface area contributed by atoms with Gasteiger partial charge in [0, 0.05) is 44.7 Å². The summed E-state index contributed by atoms with van der Waals surface area (Å²) >= 11 is 0. The van der Waals surface area contributed by atoms with Crippen molar-refractivity contribution in [1.82, 2.24) is 0 Å². The van der Waals surface area contributed by atoms with Gasteiger partial charge in [0.15, 0.2) is 0 Å². The number of hydrogen-bond acceptors (Lipinski definition) is 2. The lowest BCUT2D eigenvalue weighted by Crippen LogP contribution is -2.40. The van der Waals surface area contributed by atoms with Crippen LogP contribution in [-0.4, -0.2) is 0 Å². The summed E-state index contributed by atoms with van der Waals surface area (Å²) in [5.74, 6) is 3.40. The maximum atomic E-state index is 6.46. The number of nitrogens with zero attached hydrogens (tertiary/aromatic N) is 1. The van der Waals surface area contributed by atoms with E-state index in [1.54, 1.807) is 11.1 Å². The lowest BCUT2D eigenvalue weighted by atomic mass is 9.59. The fourth-order valence-corrected chi connectivity index (χ4v) is 13.2. The Hall–Kier alpha value is -5.86. The molecule has 270 valence electrons. The standard InChI is InChI=1S/C54H43NO/c1-53(2)45-14-6-3-10-40(45)41-24-22-37(30-49(41)53)55(38-23-25-43-42-11-5-8-17-50(42)56-51(43)31-38)36-20-18-33(19-21-36)39-13-9-16-47-52(39)44-12-4-7-15-46(44)54(47)35-27-32-26-34(29-35)48(54)28-32/h3-25,30-32,34-35,48H,26-29H2,1-2H3. The van der Waals surface area contributed by atoms with Crippen molar-refractivity contribution in [2.75, 3.05) is 4.90 Å². The van der Waals surface area contributed by atoms with Crippen molar-refractivity contribution in [1.29, 1.82) is 0 Å². The summed E-state index contributed by atoms with van der Waals surface area (Å²) in [5.41, 5.74) is 19.5. The van der Waals surface area contributed by atoms with E-state index in [9.17, 15) is 0 Å². The summed E-state index contributed by atoms with van der Waals surface area (Å²) < 4.78 is 6.46. The van der Waals surface area contributed by atoms with Crippen LogP contribution in [-0.2, 0) is 10.8 Å². The van der Waals surface area contributed by atoms with Crippen molar-refractivity contribution < 1.29 is 4.42 Å². The minimum absolute atomic E-state index is 0.0975. The number of benzene rings is 7. The lowest BCUT2D eigenvalue weighted by Gasteiger charge is -2.43. The number of furan rings is 1. The predicted molar refractivity (Wildman–Crippen MR) is 230 cm³/mol. The highest BCUT2D eigenvalue weighted by Crippen LogP contribution is 2.73. The molecule has 5 atom stereocenters. The third kappa shape index (κ3) is 3.92. The Morgan fingerprint density at radius 1 is 0.500 bits per heavy atom. The summed E-state index contributed by atoms with van der Waals surface area (Å²) in [6, 6.07) is 57.1. The van der Waals surface area contributed by atoms with Gasteiger partial charge in [0.25, 0.3) is 0 Å². The number of hydrogen-bond donors (Lipinski definition) is 0. The quantitative estimate of drug-likeness (QED) is 0.180. The topological polar surface area (TPSA) is 16.4 Å². The highest BCUT2D eigenvalue weighted by Gasteiger charge is 2.66. The molecule has 56 heavy (non-hydrogen) atoms. The van der Waals surface area contributed by atoms with Crippen molar-refractivity contribution in [3.8, 4) is 33.4 Å². The molecule has 0 amide bonds. The molecule has 5 unspecified atom stereocenters. The molecule has 6 aliphatic rings. The van der Waals surface area contributed by atoms with Crippen LogP contribution in [0, 0.1) is 23.7 Å². The molecular weight excluding hydrogens is 679 g/mol. The molecule has 1 spiro atoms. The minimum atomic E-state index is -0.0975. The Morgan fingerprint density at radius 3 is 2.05 bits per heavy atom. The summed E-state index contributed by atoms with van der Waals surface area (Å²) in [5, 5.41) is 2.30. The van der Waals surface area contributed by atoms with E-state index in [1.165, 1.54) is 70.2 Å². The number of anilines is 3. The highest BCUT2D eigenvalue weighted by molar-refractivity contribution is 6.06. The zero-order valence-corrected chi connectivity index (χ0v) is 31.9. The average molecular weight is 722 g/mol. The summed E-state index contributed by atoms with van der Waals surface area (Å²) in [6.07, 6.45) is 5.68. The molecule has 4 bridgehead atoms. The molecule has 4 saturated carbocycles. The molecule has 1 aromatic heterocycles. The minimum Gasteiger partial charge on any atom is -0.456 e. The van der Waals surface area contributed by atoms with Gasteiger partial charge in [-0.15, -0.1) is 0 Å². The zero-order valence-electron chi connectivity index (χ0n) is 31.9. The van der Waals surface area contributed by atoms with Crippen LogP contribution < -0.4 is 4.90 Å². The fraction of sp³-hybridized carbons (Fsp3) is 0.222. The normalized spacial score (nSPS) is 24.2. The van der Waals surface area contributed by atoms with Gasteiger partial charge in [-0.2, -0.15) is 0 Å². The van der Waals surface area contributed by atoms with E-state index in [-0.39, 0.29) is 10.8 Å². The third-order valence-corrected chi connectivity index (χ3v) is 15.3. The van der Waals surface area contributed by atoms with Crippen molar-refractivity contribution in [2.45, 2.75) is 50.4 Å². The Balaban J connectivity index is 0.962. The van der Waals surface area contributed by atoms with Gasteiger partial charge >= 0.3 is 0 Å². The summed E-state index contributed by atoms with van der Waals surface area (Å²) in [6.45, 7) is 4.73. The molecule has 0 aliphatic heterocycles. The molecule has 7 aromatic carbocycles.